The van der Waals surface area contributed by atoms with Crippen molar-refractivity contribution in [3.63, 3.8) is 0 Å². The van der Waals surface area contributed by atoms with Crippen molar-refractivity contribution in [2.24, 2.45) is 5.92 Å². The Morgan fingerprint density at radius 1 is 1.41 bits per heavy atom. The van der Waals surface area contributed by atoms with Gasteiger partial charge in [0.05, 0.1) is 18.3 Å². The maximum Gasteiger partial charge on any atom is 0.222 e. The average molecular weight is 307 g/mol. The van der Waals surface area contributed by atoms with E-state index in [2.05, 4.69) is 17.0 Å². The summed E-state index contributed by atoms with van der Waals surface area (Å²) in [5, 5.41) is 16.6. The normalized spacial score (nSPS) is 12.5. The van der Waals surface area contributed by atoms with Crippen LogP contribution in [0.1, 0.15) is 44.1 Å². The van der Waals surface area contributed by atoms with Crippen molar-refractivity contribution in [3.8, 4) is 0 Å². The minimum atomic E-state index is -0.188. The standard InChI is InChI=1S/C17H29N3O2/c1-11(2)9-15-13(5)19-20(14(15)6)8-7-17(22)18-16(10-21)12(3)4/h12,16,21H,1,7-10H2,2-6H3,(H,18,22). The van der Waals surface area contributed by atoms with Crippen LogP contribution in [0.3, 0.4) is 0 Å². The maximum atomic E-state index is 12.0. The molecule has 124 valence electrons. The fourth-order valence-corrected chi connectivity index (χ4v) is 2.42. The van der Waals surface area contributed by atoms with E-state index < -0.39 is 0 Å². The molecule has 1 rings (SSSR count). The molecular weight excluding hydrogens is 278 g/mol. The summed E-state index contributed by atoms with van der Waals surface area (Å²) >= 11 is 0. The Morgan fingerprint density at radius 2 is 2.05 bits per heavy atom. The first-order chi connectivity index (χ1) is 10.3. The molecule has 0 saturated carbocycles. The van der Waals surface area contributed by atoms with Crippen LogP contribution in [0.5, 0.6) is 0 Å². The largest absolute Gasteiger partial charge is 0.394 e. The number of hydrogen-bond acceptors (Lipinski definition) is 3. The zero-order valence-corrected chi connectivity index (χ0v) is 14.4. The molecule has 1 unspecified atom stereocenters. The lowest BCUT2D eigenvalue weighted by Gasteiger charge is -2.19. The van der Waals surface area contributed by atoms with Gasteiger partial charge in [0.2, 0.25) is 5.91 Å². The van der Waals surface area contributed by atoms with Crippen molar-refractivity contribution in [3.05, 3.63) is 29.1 Å². The summed E-state index contributed by atoms with van der Waals surface area (Å²) in [5.74, 6) is 0.159. The number of hydrogen-bond donors (Lipinski definition) is 2. The molecule has 22 heavy (non-hydrogen) atoms. The van der Waals surface area contributed by atoms with E-state index in [0.29, 0.717) is 13.0 Å². The third-order valence-corrected chi connectivity index (χ3v) is 3.91. The first-order valence-electron chi connectivity index (χ1n) is 7.83. The maximum absolute atomic E-state index is 12.0. The van der Waals surface area contributed by atoms with Crippen LogP contribution >= 0.6 is 0 Å². The third-order valence-electron chi connectivity index (χ3n) is 3.91. The second kappa shape index (κ2) is 8.13. The van der Waals surface area contributed by atoms with Crippen LogP contribution < -0.4 is 5.32 Å². The van der Waals surface area contributed by atoms with Gasteiger partial charge in [0.15, 0.2) is 0 Å². The van der Waals surface area contributed by atoms with E-state index >= 15 is 0 Å². The van der Waals surface area contributed by atoms with Gasteiger partial charge in [0.1, 0.15) is 0 Å². The molecule has 1 heterocycles. The van der Waals surface area contributed by atoms with E-state index in [1.165, 1.54) is 5.56 Å². The highest BCUT2D eigenvalue weighted by molar-refractivity contribution is 5.76. The van der Waals surface area contributed by atoms with Crippen LogP contribution in [0.2, 0.25) is 0 Å². The summed E-state index contributed by atoms with van der Waals surface area (Å²) in [6.07, 6.45) is 1.18. The van der Waals surface area contributed by atoms with Crippen molar-refractivity contribution < 1.29 is 9.90 Å². The van der Waals surface area contributed by atoms with E-state index in [1.807, 2.05) is 39.3 Å². The average Bonchev–Trinajstić information content (AvgIpc) is 2.69. The monoisotopic (exact) mass is 307 g/mol. The molecule has 2 N–H and O–H groups in total. The van der Waals surface area contributed by atoms with E-state index in [4.69, 9.17) is 0 Å². The summed E-state index contributed by atoms with van der Waals surface area (Å²) < 4.78 is 1.89. The van der Waals surface area contributed by atoms with Crippen molar-refractivity contribution >= 4 is 5.91 Å². The Hall–Kier alpha value is -1.62. The van der Waals surface area contributed by atoms with Gasteiger partial charge < -0.3 is 10.4 Å². The molecule has 1 aromatic rings. The van der Waals surface area contributed by atoms with Crippen molar-refractivity contribution in [1.82, 2.24) is 15.1 Å². The third kappa shape index (κ3) is 4.98. The van der Waals surface area contributed by atoms with Crippen molar-refractivity contribution in [2.75, 3.05) is 6.61 Å². The van der Waals surface area contributed by atoms with E-state index in [-0.39, 0.29) is 24.5 Å². The molecule has 0 aliphatic rings. The van der Waals surface area contributed by atoms with Gasteiger partial charge in [-0.3, -0.25) is 9.48 Å². The lowest BCUT2D eigenvalue weighted by molar-refractivity contribution is -0.122. The van der Waals surface area contributed by atoms with Gasteiger partial charge in [-0.2, -0.15) is 5.10 Å². The Morgan fingerprint density at radius 3 is 2.55 bits per heavy atom. The van der Waals surface area contributed by atoms with Crippen LogP contribution in [0.15, 0.2) is 12.2 Å². The molecule has 0 bridgehead atoms. The number of aromatic nitrogens is 2. The second-order valence-corrected chi connectivity index (χ2v) is 6.36. The fraction of sp³-hybridized carbons (Fsp3) is 0.647. The Balaban J connectivity index is 2.65. The van der Waals surface area contributed by atoms with Crippen LogP contribution in [0, 0.1) is 19.8 Å². The number of aryl methyl sites for hydroxylation is 2. The predicted octanol–water partition coefficient (Wildman–Crippen LogP) is 2.14. The van der Waals surface area contributed by atoms with Crippen LogP contribution in [-0.4, -0.2) is 33.4 Å². The number of amides is 1. The molecule has 0 spiro atoms. The SMILES string of the molecule is C=C(C)Cc1c(C)nn(CCC(=O)NC(CO)C(C)C)c1C. The fourth-order valence-electron chi connectivity index (χ4n) is 2.42. The summed E-state index contributed by atoms with van der Waals surface area (Å²) in [6.45, 7) is 14.4. The van der Waals surface area contributed by atoms with Gasteiger partial charge >= 0.3 is 0 Å². The van der Waals surface area contributed by atoms with Crippen molar-refractivity contribution in [2.45, 2.75) is 60.0 Å². The quantitative estimate of drug-likeness (QED) is 0.723. The highest BCUT2D eigenvalue weighted by Gasteiger charge is 2.16. The molecular formula is C17H29N3O2. The zero-order chi connectivity index (χ0) is 16.9. The smallest absolute Gasteiger partial charge is 0.222 e. The van der Waals surface area contributed by atoms with Crippen LogP contribution in [-0.2, 0) is 17.8 Å². The summed E-state index contributed by atoms with van der Waals surface area (Å²) in [6, 6.07) is -0.188. The summed E-state index contributed by atoms with van der Waals surface area (Å²) in [7, 11) is 0. The lowest BCUT2D eigenvalue weighted by atomic mass is 10.1. The molecule has 5 nitrogen and oxygen atoms in total. The molecule has 0 radical (unpaired) electrons. The highest BCUT2D eigenvalue weighted by atomic mass is 16.3. The van der Waals surface area contributed by atoms with Gasteiger partial charge in [0.25, 0.3) is 0 Å². The molecule has 1 atom stereocenters. The number of aliphatic hydroxyl groups excluding tert-OH is 1. The van der Waals surface area contributed by atoms with Crippen molar-refractivity contribution in [1.29, 1.82) is 0 Å². The van der Waals surface area contributed by atoms with Gasteiger partial charge in [-0.25, -0.2) is 0 Å². The molecule has 0 aromatic carbocycles. The van der Waals surface area contributed by atoms with Gasteiger partial charge in [0, 0.05) is 18.7 Å². The van der Waals surface area contributed by atoms with Gasteiger partial charge in [-0.05, 0) is 38.7 Å². The number of nitrogens with zero attached hydrogens (tertiary/aromatic N) is 2. The topological polar surface area (TPSA) is 67.2 Å². The molecule has 0 aliphatic heterocycles. The molecule has 0 fully saturated rings. The highest BCUT2D eigenvalue weighted by Crippen LogP contribution is 2.17. The van der Waals surface area contributed by atoms with E-state index in [9.17, 15) is 9.90 Å². The minimum absolute atomic E-state index is 0.0356. The number of aliphatic hydroxyl groups is 1. The first-order valence-corrected chi connectivity index (χ1v) is 7.83. The first kappa shape index (κ1) is 18.4. The number of allylic oxidation sites excluding steroid dienone is 1. The summed E-state index contributed by atoms with van der Waals surface area (Å²) in [4.78, 5) is 12.0. The molecule has 0 saturated heterocycles. The number of carbonyl (C=O) groups excluding carboxylic acids is 1. The molecule has 0 aliphatic carbocycles. The lowest BCUT2D eigenvalue weighted by Crippen LogP contribution is -2.41. The van der Waals surface area contributed by atoms with Crippen LogP contribution in [0.25, 0.3) is 0 Å². The van der Waals surface area contributed by atoms with E-state index in [0.717, 1.165) is 23.4 Å². The number of nitrogens with one attached hydrogen (secondary N) is 1. The Labute approximate surface area is 133 Å². The second-order valence-electron chi connectivity index (χ2n) is 6.36. The number of carbonyl (C=O) groups is 1. The molecule has 1 amide bonds. The Bertz CT molecular complexity index is 532. The minimum Gasteiger partial charge on any atom is -0.394 e. The number of rotatable bonds is 8. The van der Waals surface area contributed by atoms with E-state index in [1.54, 1.807) is 0 Å². The zero-order valence-electron chi connectivity index (χ0n) is 14.4. The summed E-state index contributed by atoms with van der Waals surface area (Å²) in [5.41, 5.74) is 4.39. The van der Waals surface area contributed by atoms with Gasteiger partial charge in [-0.1, -0.05) is 26.0 Å². The Kier molecular flexibility index (Phi) is 6.81. The predicted molar refractivity (Wildman–Crippen MR) is 88.7 cm³/mol. The van der Waals surface area contributed by atoms with Gasteiger partial charge in [-0.15, -0.1) is 0 Å². The molecule has 5 heteroatoms. The molecule has 1 aromatic heterocycles. The van der Waals surface area contributed by atoms with Crippen LogP contribution in [0.4, 0.5) is 0 Å².